The first-order chi connectivity index (χ1) is 9.91. The highest BCUT2D eigenvalue weighted by molar-refractivity contribution is 7.71. The normalized spacial score (nSPS) is 17.9. The van der Waals surface area contributed by atoms with E-state index in [0.717, 1.165) is 29.3 Å². The molecular formula is C18H27NOS. The molecule has 116 valence electrons. The number of aromatic amines is 1. The van der Waals surface area contributed by atoms with E-state index >= 15 is 0 Å². The van der Waals surface area contributed by atoms with E-state index in [0.29, 0.717) is 11.3 Å². The highest BCUT2D eigenvalue weighted by atomic mass is 32.1. The van der Waals surface area contributed by atoms with Crippen LogP contribution in [0.1, 0.15) is 57.9 Å². The molecule has 0 aliphatic heterocycles. The molecule has 0 spiro atoms. The summed E-state index contributed by atoms with van der Waals surface area (Å²) in [5.41, 5.74) is 3.90. The van der Waals surface area contributed by atoms with Gasteiger partial charge in [0.2, 0.25) is 0 Å². The Morgan fingerprint density at radius 1 is 1.33 bits per heavy atom. The Labute approximate surface area is 133 Å². The summed E-state index contributed by atoms with van der Waals surface area (Å²) in [7, 11) is 0. The largest absolute Gasteiger partial charge is 0.349 e. The number of allylic oxidation sites excluding steroid dienone is 1. The standard InChI is InChI=1S/C16H21NOS.C2H6/c1-16(2,3)13-6-7-14-12(10-13)9-11(5-4-8-18)15(19)17-14;1-2/h4-5,8-9,13H,6-7,10H2,1-3H3,(H,17,19);1-2H3/b5-4+;. The van der Waals surface area contributed by atoms with Crippen LogP contribution in [0.15, 0.2) is 12.1 Å². The summed E-state index contributed by atoms with van der Waals surface area (Å²) >= 11 is 5.33. The van der Waals surface area contributed by atoms with Crippen molar-refractivity contribution in [1.29, 1.82) is 0 Å². The van der Waals surface area contributed by atoms with Gasteiger partial charge in [-0.05, 0) is 54.4 Å². The number of hydrogen-bond donors (Lipinski definition) is 1. The van der Waals surface area contributed by atoms with E-state index in [1.807, 2.05) is 13.8 Å². The summed E-state index contributed by atoms with van der Waals surface area (Å²) < 4.78 is 0.728. The van der Waals surface area contributed by atoms with Gasteiger partial charge in [0.15, 0.2) is 0 Å². The number of aryl methyl sites for hydroxylation is 1. The van der Waals surface area contributed by atoms with E-state index in [4.69, 9.17) is 12.2 Å². The van der Waals surface area contributed by atoms with E-state index < -0.39 is 0 Å². The number of aromatic nitrogens is 1. The van der Waals surface area contributed by atoms with Crippen LogP contribution in [0, 0.1) is 16.0 Å². The first-order valence-corrected chi connectivity index (χ1v) is 8.19. The highest BCUT2D eigenvalue weighted by Crippen LogP contribution is 2.37. The van der Waals surface area contributed by atoms with E-state index in [1.54, 1.807) is 6.08 Å². The molecule has 1 aromatic heterocycles. The number of nitrogens with one attached hydrogen (secondary N) is 1. The van der Waals surface area contributed by atoms with Crippen LogP contribution in [0.3, 0.4) is 0 Å². The quantitative estimate of drug-likeness (QED) is 0.466. The van der Waals surface area contributed by atoms with Gasteiger partial charge in [-0.2, -0.15) is 0 Å². The molecule has 1 atom stereocenters. The maximum Gasteiger partial charge on any atom is 0.142 e. The summed E-state index contributed by atoms with van der Waals surface area (Å²) in [6, 6.07) is 2.14. The molecule has 0 aromatic carbocycles. The van der Waals surface area contributed by atoms with Crippen molar-refractivity contribution in [3.8, 4) is 0 Å². The Kier molecular flexibility index (Phi) is 6.53. The molecule has 0 fully saturated rings. The lowest BCUT2D eigenvalue weighted by molar-refractivity contribution is -0.104. The fourth-order valence-corrected chi connectivity index (χ4v) is 2.98. The van der Waals surface area contributed by atoms with Gasteiger partial charge in [-0.3, -0.25) is 4.79 Å². The van der Waals surface area contributed by atoms with E-state index in [-0.39, 0.29) is 0 Å². The molecule has 2 nitrogen and oxygen atoms in total. The highest BCUT2D eigenvalue weighted by Gasteiger charge is 2.28. The second kappa shape index (κ2) is 7.69. The topological polar surface area (TPSA) is 32.9 Å². The molecule has 0 radical (unpaired) electrons. The summed E-state index contributed by atoms with van der Waals surface area (Å²) in [5.74, 6) is 0.701. The first kappa shape index (κ1) is 17.8. The number of fused-ring (bicyclic) bond motifs is 1. The number of aldehydes is 1. The average molecular weight is 305 g/mol. The third-order valence-corrected chi connectivity index (χ3v) is 4.37. The van der Waals surface area contributed by atoms with Gasteiger partial charge in [0.05, 0.1) is 0 Å². The van der Waals surface area contributed by atoms with Gasteiger partial charge in [-0.1, -0.05) is 46.8 Å². The molecule has 1 heterocycles. The Morgan fingerprint density at radius 2 is 2.00 bits per heavy atom. The monoisotopic (exact) mass is 305 g/mol. The van der Waals surface area contributed by atoms with Crippen LogP contribution < -0.4 is 0 Å². The van der Waals surface area contributed by atoms with Crippen molar-refractivity contribution in [2.24, 2.45) is 11.3 Å². The zero-order valence-corrected chi connectivity index (χ0v) is 14.6. The van der Waals surface area contributed by atoms with Crippen molar-refractivity contribution >= 4 is 24.6 Å². The number of rotatable bonds is 2. The summed E-state index contributed by atoms with van der Waals surface area (Å²) in [5, 5.41) is 0. The lowest BCUT2D eigenvalue weighted by Crippen LogP contribution is -2.27. The molecule has 0 saturated heterocycles. The van der Waals surface area contributed by atoms with Crippen LogP contribution in [0.4, 0.5) is 0 Å². The molecule has 0 saturated carbocycles. The molecular weight excluding hydrogens is 278 g/mol. The Balaban J connectivity index is 0.00000106. The lowest BCUT2D eigenvalue weighted by atomic mass is 9.71. The van der Waals surface area contributed by atoms with Crippen LogP contribution in [0.2, 0.25) is 0 Å². The third kappa shape index (κ3) is 4.63. The zero-order valence-electron chi connectivity index (χ0n) is 13.8. The van der Waals surface area contributed by atoms with Crippen LogP contribution in [-0.4, -0.2) is 11.3 Å². The van der Waals surface area contributed by atoms with E-state index in [9.17, 15) is 4.79 Å². The summed E-state index contributed by atoms with van der Waals surface area (Å²) in [6.07, 6.45) is 7.44. The zero-order chi connectivity index (χ0) is 16.0. The molecule has 0 amide bonds. The van der Waals surface area contributed by atoms with Gasteiger partial charge < -0.3 is 4.98 Å². The minimum atomic E-state index is 0.336. The predicted molar refractivity (Wildman–Crippen MR) is 93.0 cm³/mol. The van der Waals surface area contributed by atoms with Gasteiger partial charge >= 0.3 is 0 Å². The Hall–Kier alpha value is -1.22. The molecule has 1 unspecified atom stereocenters. The Bertz CT molecular complexity index is 564. The maximum absolute atomic E-state index is 10.4. The van der Waals surface area contributed by atoms with E-state index in [2.05, 4.69) is 31.8 Å². The molecule has 21 heavy (non-hydrogen) atoms. The molecule has 1 aliphatic rings. The van der Waals surface area contributed by atoms with Crippen molar-refractivity contribution in [2.45, 2.75) is 53.9 Å². The van der Waals surface area contributed by atoms with Gasteiger partial charge in [0, 0.05) is 11.3 Å². The number of pyridine rings is 1. The fourth-order valence-electron chi connectivity index (χ4n) is 2.73. The minimum absolute atomic E-state index is 0.336. The molecule has 0 bridgehead atoms. The van der Waals surface area contributed by atoms with Gasteiger partial charge in [0.1, 0.15) is 10.9 Å². The number of carbonyl (C=O) groups is 1. The van der Waals surface area contributed by atoms with Crippen molar-refractivity contribution in [3.05, 3.63) is 33.6 Å². The smallest absolute Gasteiger partial charge is 0.142 e. The summed E-state index contributed by atoms with van der Waals surface area (Å²) in [4.78, 5) is 13.8. The second-order valence-electron chi connectivity index (χ2n) is 6.36. The molecule has 1 aromatic rings. The van der Waals surface area contributed by atoms with Crippen LogP contribution in [0.25, 0.3) is 6.08 Å². The SMILES string of the molecule is CC.CC(C)(C)C1CCc2[nH]c(=S)c(/C=C/C=O)cc2C1. The summed E-state index contributed by atoms with van der Waals surface area (Å²) in [6.45, 7) is 10.9. The Morgan fingerprint density at radius 3 is 2.57 bits per heavy atom. The maximum atomic E-state index is 10.4. The van der Waals surface area contributed by atoms with E-state index in [1.165, 1.54) is 23.8 Å². The number of H-pyrrole nitrogens is 1. The number of hydrogen-bond acceptors (Lipinski definition) is 2. The van der Waals surface area contributed by atoms with Crippen molar-refractivity contribution in [1.82, 2.24) is 4.98 Å². The van der Waals surface area contributed by atoms with Crippen LogP contribution in [0.5, 0.6) is 0 Å². The van der Waals surface area contributed by atoms with Gasteiger partial charge in [-0.15, -0.1) is 0 Å². The molecule has 1 N–H and O–H groups in total. The fraction of sp³-hybridized carbons (Fsp3) is 0.556. The predicted octanol–water partition coefficient (Wildman–Crippen LogP) is 5.13. The van der Waals surface area contributed by atoms with Gasteiger partial charge in [-0.25, -0.2) is 0 Å². The molecule has 1 aliphatic carbocycles. The minimum Gasteiger partial charge on any atom is -0.349 e. The van der Waals surface area contributed by atoms with Crippen molar-refractivity contribution < 1.29 is 4.79 Å². The van der Waals surface area contributed by atoms with Crippen LogP contribution >= 0.6 is 12.2 Å². The first-order valence-electron chi connectivity index (χ1n) is 7.78. The van der Waals surface area contributed by atoms with Crippen molar-refractivity contribution in [2.75, 3.05) is 0 Å². The number of carbonyl (C=O) groups excluding carboxylic acids is 1. The molecule has 2 rings (SSSR count). The molecule has 3 heteroatoms. The van der Waals surface area contributed by atoms with Gasteiger partial charge in [0.25, 0.3) is 0 Å². The van der Waals surface area contributed by atoms with Crippen molar-refractivity contribution in [3.63, 3.8) is 0 Å². The lowest BCUT2D eigenvalue weighted by Gasteiger charge is -2.34. The van der Waals surface area contributed by atoms with Crippen LogP contribution in [-0.2, 0) is 17.6 Å². The average Bonchev–Trinajstić information content (AvgIpc) is 2.45. The third-order valence-electron chi connectivity index (χ3n) is 4.03. The second-order valence-corrected chi connectivity index (χ2v) is 6.77.